The van der Waals surface area contributed by atoms with E-state index in [9.17, 15) is 14.7 Å². The number of carboxylic acid groups (broad SMARTS) is 1. The van der Waals surface area contributed by atoms with Crippen molar-refractivity contribution in [2.75, 3.05) is 6.61 Å². The summed E-state index contributed by atoms with van der Waals surface area (Å²) < 4.78 is 38.7. The number of Topliss-reactive ketones (excluding diaryl/α,β-unsaturated/α-hetero) is 1. The molecule has 1 N–H and O–H groups in total. The molecule has 2 rings (SSSR count). The van der Waals surface area contributed by atoms with Crippen molar-refractivity contribution >= 4 is 17.3 Å². The molecule has 194 valence electrons. The van der Waals surface area contributed by atoms with Crippen LogP contribution >= 0.6 is 0 Å². The molecule has 1 aliphatic carbocycles. The first kappa shape index (κ1) is 28.9. The number of carbonyl (C=O) groups excluding carboxylic acids is 1. The number of aliphatic carboxylic acids is 1. The largest absolute Gasteiger partial charge is 0.478 e. The van der Waals surface area contributed by atoms with Crippen molar-refractivity contribution in [1.82, 2.24) is 0 Å². The standard InChI is InChI=1S/C29H40F2O4/c1-4-6-8-10-15-21-35-28(26(32)22(3)16-12-9-7-5-2)20-19-24(27(33)34)25(29(28,30)31)23-17-13-11-14-18-23/h11,13-14,17-20,22H,4-10,12,15-16,21H2,1-3H3,(H,33,34). The van der Waals surface area contributed by atoms with Gasteiger partial charge in [-0.15, -0.1) is 0 Å². The molecule has 0 bridgehead atoms. The quantitative estimate of drug-likeness (QED) is 0.242. The Kier molecular flexibility index (Phi) is 11.3. The van der Waals surface area contributed by atoms with Crippen LogP contribution in [0, 0.1) is 5.92 Å². The van der Waals surface area contributed by atoms with Crippen molar-refractivity contribution < 1.29 is 28.2 Å². The number of rotatable bonds is 16. The lowest BCUT2D eigenvalue weighted by Gasteiger charge is -2.42. The van der Waals surface area contributed by atoms with Crippen LogP contribution in [0.1, 0.15) is 90.5 Å². The minimum Gasteiger partial charge on any atom is -0.478 e. The summed E-state index contributed by atoms with van der Waals surface area (Å²) in [5, 5.41) is 9.72. The maximum absolute atomic E-state index is 16.4. The highest BCUT2D eigenvalue weighted by Gasteiger charge is 2.63. The second-order valence-electron chi connectivity index (χ2n) is 9.48. The van der Waals surface area contributed by atoms with Gasteiger partial charge in [0.25, 0.3) is 0 Å². The molecule has 0 heterocycles. The lowest BCUT2D eigenvalue weighted by molar-refractivity contribution is -0.177. The van der Waals surface area contributed by atoms with Crippen molar-refractivity contribution in [1.29, 1.82) is 0 Å². The number of unbranched alkanes of at least 4 members (excludes halogenated alkanes) is 7. The Hall–Kier alpha value is -2.34. The predicted molar refractivity (Wildman–Crippen MR) is 135 cm³/mol. The van der Waals surface area contributed by atoms with Gasteiger partial charge in [-0.1, -0.05) is 102 Å². The van der Waals surface area contributed by atoms with Crippen LogP contribution < -0.4 is 0 Å². The second kappa shape index (κ2) is 13.7. The number of hydrogen-bond donors (Lipinski definition) is 1. The number of alkyl halides is 2. The number of ether oxygens (including phenoxy) is 1. The van der Waals surface area contributed by atoms with E-state index in [4.69, 9.17) is 4.74 Å². The fraction of sp³-hybridized carbons (Fsp3) is 0.586. The van der Waals surface area contributed by atoms with Gasteiger partial charge in [0.15, 0.2) is 5.78 Å². The van der Waals surface area contributed by atoms with E-state index < -0.39 is 40.3 Å². The summed E-state index contributed by atoms with van der Waals surface area (Å²) in [6, 6.07) is 7.71. The smallest absolute Gasteiger partial charge is 0.336 e. The number of ketones is 1. The molecule has 2 unspecified atom stereocenters. The van der Waals surface area contributed by atoms with Crippen LogP contribution in [-0.4, -0.2) is 35.0 Å². The first-order valence-corrected chi connectivity index (χ1v) is 13.0. The van der Waals surface area contributed by atoms with Crippen LogP contribution in [0.25, 0.3) is 5.57 Å². The van der Waals surface area contributed by atoms with Gasteiger partial charge in [0, 0.05) is 18.1 Å². The molecule has 0 fully saturated rings. The molecule has 0 radical (unpaired) electrons. The molecule has 0 saturated carbocycles. The number of halogens is 2. The van der Waals surface area contributed by atoms with E-state index in [0.717, 1.165) is 63.5 Å². The summed E-state index contributed by atoms with van der Waals surface area (Å²) in [5.74, 6) is -6.66. The van der Waals surface area contributed by atoms with Crippen LogP contribution in [0.3, 0.4) is 0 Å². The molecule has 1 aromatic rings. The first-order valence-electron chi connectivity index (χ1n) is 13.0. The van der Waals surface area contributed by atoms with Crippen molar-refractivity contribution in [2.45, 2.75) is 96.5 Å². The van der Waals surface area contributed by atoms with Gasteiger partial charge in [0.1, 0.15) is 0 Å². The monoisotopic (exact) mass is 490 g/mol. The molecule has 2 atom stereocenters. The molecular weight excluding hydrogens is 450 g/mol. The lowest BCUT2D eigenvalue weighted by Crippen LogP contribution is -2.59. The third-order valence-corrected chi connectivity index (χ3v) is 6.71. The van der Waals surface area contributed by atoms with Gasteiger partial charge < -0.3 is 9.84 Å². The van der Waals surface area contributed by atoms with E-state index in [1.807, 2.05) is 0 Å². The highest BCUT2D eigenvalue weighted by molar-refractivity contribution is 6.06. The second-order valence-corrected chi connectivity index (χ2v) is 9.48. The summed E-state index contributed by atoms with van der Waals surface area (Å²) in [6.45, 7) is 5.85. The minimum atomic E-state index is -3.85. The highest BCUT2D eigenvalue weighted by Crippen LogP contribution is 2.50. The van der Waals surface area contributed by atoms with Crippen LogP contribution in [0.4, 0.5) is 8.78 Å². The summed E-state index contributed by atoms with van der Waals surface area (Å²) in [5.41, 5.74) is -3.66. The number of benzene rings is 1. The summed E-state index contributed by atoms with van der Waals surface area (Å²) in [7, 11) is 0. The number of hydrogen-bond acceptors (Lipinski definition) is 3. The number of carbonyl (C=O) groups is 2. The van der Waals surface area contributed by atoms with Crippen molar-refractivity contribution in [3.8, 4) is 0 Å². The van der Waals surface area contributed by atoms with Crippen LogP contribution in [0.5, 0.6) is 0 Å². The Morgan fingerprint density at radius 2 is 1.54 bits per heavy atom. The number of carboxylic acids is 1. The zero-order valence-electron chi connectivity index (χ0n) is 21.3. The van der Waals surface area contributed by atoms with Gasteiger partial charge in [-0.25, -0.2) is 4.79 Å². The SMILES string of the molecule is CCCCCCCOC1(C(=O)C(C)CCCCCC)C=CC(C(=O)O)=C(c2ccccc2)C1(F)F. The fourth-order valence-electron chi connectivity index (χ4n) is 4.62. The minimum absolute atomic E-state index is 0.00239. The van der Waals surface area contributed by atoms with Gasteiger partial charge in [0.05, 0.1) is 5.57 Å². The molecule has 1 aliphatic rings. The molecule has 0 amide bonds. The third kappa shape index (κ3) is 6.87. The molecule has 6 heteroatoms. The average molecular weight is 491 g/mol. The van der Waals surface area contributed by atoms with Gasteiger partial charge in [0.2, 0.25) is 5.60 Å². The van der Waals surface area contributed by atoms with E-state index >= 15 is 8.78 Å². The Morgan fingerprint density at radius 1 is 0.943 bits per heavy atom. The average Bonchev–Trinajstić information content (AvgIpc) is 2.84. The maximum atomic E-state index is 16.4. The van der Waals surface area contributed by atoms with E-state index in [-0.39, 0.29) is 12.2 Å². The predicted octanol–water partition coefficient (Wildman–Crippen LogP) is 7.63. The Labute approximate surface area is 208 Å². The zero-order valence-corrected chi connectivity index (χ0v) is 21.3. The van der Waals surface area contributed by atoms with E-state index in [1.165, 1.54) is 12.1 Å². The molecule has 0 saturated heterocycles. The van der Waals surface area contributed by atoms with Crippen LogP contribution in [-0.2, 0) is 14.3 Å². The Bertz CT molecular complexity index is 891. The van der Waals surface area contributed by atoms with Crippen LogP contribution in [0.15, 0.2) is 48.1 Å². The fourth-order valence-corrected chi connectivity index (χ4v) is 4.62. The maximum Gasteiger partial charge on any atom is 0.336 e. The third-order valence-electron chi connectivity index (χ3n) is 6.71. The van der Waals surface area contributed by atoms with E-state index in [0.29, 0.717) is 12.8 Å². The Morgan fingerprint density at radius 3 is 2.14 bits per heavy atom. The van der Waals surface area contributed by atoms with Gasteiger partial charge in [-0.3, -0.25) is 4.79 Å². The summed E-state index contributed by atoms with van der Waals surface area (Å²) in [6.07, 6.45) is 10.8. The van der Waals surface area contributed by atoms with Crippen molar-refractivity contribution in [3.63, 3.8) is 0 Å². The lowest BCUT2D eigenvalue weighted by atomic mass is 9.73. The molecule has 4 nitrogen and oxygen atoms in total. The summed E-state index contributed by atoms with van der Waals surface area (Å²) in [4.78, 5) is 25.6. The molecule has 35 heavy (non-hydrogen) atoms. The van der Waals surface area contributed by atoms with E-state index in [2.05, 4.69) is 13.8 Å². The van der Waals surface area contributed by atoms with E-state index in [1.54, 1.807) is 25.1 Å². The molecule has 0 spiro atoms. The highest BCUT2D eigenvalue weighted by atomic mass is 19.3. The van der Waals surface area contributed by atoms with Crippen molar-refractivity contribution in [3.05, 3.63) is 53.6 Å². The normalized spacial score (nSPS) is 20.1. The first-order chi connectivity index (χ1) is 16.7. The van der Waals surface area contributed by atoms with Gasteiger partial charge in [-0.05, 0) is 30.6 Å². The van der Waals surface area contributed by atoms with Crippen molar-refractivity contribution in [2.24, 2.45) is 5.92 Å². The molecule has 0 aromatic heterocycles. The zero-order chi connectivity index (χ0) is 25.9. The molecule has 0 aliphatic heterocycles. The topological polar surface area (TPSA) is 63.6 Å². The molecular formula is C29H40F2O4. The Balaban J connectivity index is 2.45. The van der Waals surface area contributed by atoms with Gasteiger partial charge in [-0.2, -0.15) is 8.78 Å². The molecule has 1 aromatic carbocycles. The van der Waals surface area contributed by atoms with Crippen LogP contribution in [0.2, 0.25) is 0 Å². The van der Waals surface area contributed by atoms with Gasteiger partial charge >= 0.3 is 11.9 Å². The summed E-state index contributed by atoms with van der Waals surface area (Å²) >= 11 is 0.